The molecule has 1 N–H and O–H groups in total. The molecule has 0 fully saturated rings. The monoisotopic (exact) mass is 379 g/mol. The van der Waals surface area contributed by atoms with Crippen molar-refractivity contribution >= 4 is 21.6 Å². The predicted octanol–water partition coefficient (Wildman–Crippen LogP) is 6.21. The van der Waals surface area contributed by atoms with Crippen LogP contribution in [0, 0.1) is 11.8 Å². The average Bonchev–Trinajstić information content (AvgIpc) is 2.77. The lowest BCUT2D eigenvalue weighted by molar-refractivity contribution is 0.483. The van der Waals surface area contributed by atoms with Crippen molar-refractivity contribution in [2.75, 3.05) is 5.32 Å². The molecular weight excluding hydrogens is 362 g/mol. The molecule has 2 aromatic rings. The van der Waals surface area contributed by atoms with E-state index in [1.807, 2.05) is 36.4 Å². The topological polar surface area (TPSA) is 21.3 Å². The van der Waals surface area contributed by atoms with Gasteiger partial charge < -0.3 is 10.1 Å². The van der Waals surface area contributed by atoms with Crippen LogP contribution in [0.3, 0.4) is 0 Å². The molecule has 120 valence electrons. The highest BCUT2D eigenvalue weighted by molar-refractivity contribution is 9.10. The molecule has 2 aromatic carbocycles. The Bertz CT molecular complexity index is 860. The van der Waals surface area contributed by atoms with Gasteiger partial charge in [0, 0.05) is 10.0 Å². The number of benzene rings is 2. The molecule has 24 heavy (non-hydrogen) atoms. The molecule has 1 atom stereocenters. The van der Waals surface area contributed by atoms with Crippen molar-refractivity contribution in [1.82, 2.24) is 0 Å². The van der Waals surface area contributed by atoms with Gasteiger partial charge in [-0.2, -0.15) is 0 Å². The number of nitrogens with one attached hydrogen (secondary N) is 1. The molecule has 0 saturated carbocycles. The fourth-order valence-corrected chi connectivity index (χ4v) is 3.46. The van der Waals surface area contributed by atoms with E-state index in [-0.39, 0.29) is 6.04 Å². The zero-order valence-electron chi connectivity index (χ0n) is 13.3. The number of para-hydroxylation sites is 1. The van der Waals surface area contributed by atoms with Crippen LogP contribution >= 0.6 is 15.9 Å². The Balaban J connectivity index is 1.74. The lowest BCUT2D eigenvalue weighted by Gasteiger charge is -2.13. The lowest BCUT2D eigenvalue weighted by Crippen LogP contribution is -2.07. The molecule has 1 heterocycles. The van der Waals surface area contributed by atoms with Crippen molar-refractivity contribution in [2.45, 2.75) is 31.7 Å². The predicted molar refractivity (Wildman–Crippen MR) is 101 cm³/mol. The van der Waals surface area contributed by atoms with Gasteiger partial charge in [0.2, 0.25) is 0 Å². The van der Waals surface area contributed by atoms with E-state index in [2.05, 4.69) is 45.2 Å². The van der Waals surface area contributed by atoms with Crippen LogP contribution in [0.2, 0.25) is 0 Å². The fraction of sp³-hybridized carbons (Fsp3) is 0.238. The molecule has 3 heteroatoms. The molecule has 0 radical (unpaired) electrons. The Morgan fingerprint density at radius 1 is 1.08 bits per heavy atom. The summed E-state index contributed by atoms with van der Waals surface area (Å²) in [5, 5.41) is 3.54. The highest BCUT2D eigenvalue weighted by atomic mass is 79.9. The number of rotatable bonds is 0. The van der Waals surface area contributed by atoms with Crippen molar-refractivity contribution in [1.29, 1.82) is 0 Å². The number of allylic oxidation sites excluding steroid dienone is 2. The molecule has 0 unspecified atom stereocenters. The first-order chi connectivity index (χ1) is 11.8. The van der Waals surface area contributed by atoms with Crippen LogP contribution in [0.1, 0.15) is 37.3 Å². The summed E-state index contributed by atoms with van der Waals surface area (Å²) in [7, 11) is 0. The summed E-state index contributed by atoms with van der Waals surface area (Å²) in [4.78, 5) is 0. The fourth-order valence-electron chi connectivity index (χ4n) is 3.10. The van der Waals surface area contributed by atoms with E-state index in [1.54, 1.807) is 0 Å². The number of fused-ring (bicyclic) bond motifs is 2. The SMILES string of the molecule is Brc1ccc2c(c1)N[C@H](C#CC1=CCCCC1)c1ccccc1O2. The average molecular weight is 380 g/mol. The molecule has 4 rings (SSSR count). The second-order valence-electron chi connectivity index (χ2n) is 6.10. The normalized spacial score (nSPS) is 18.5. The minimum Gasteiger partial charge on any atom is -0.455 e. The summed E-state index contributed by atoms with van der Waals surface area (Å²) < 4.78 is 7.13. The van der Waals surface area contributed by atoms with Crippen LogP contribution in [0.5, 0.6) is 11.5 Å². The van der Waals surface area contributed by atoms with Gasteiger partial charge in [-0.3, -0.25) is 0 Å². The Morgan fingerprint density at radius 2 is 2.00 bits per heavy atom. The lowest BCUT2D eigenvalue weighted by atomic mass is 9.99. The van der Waals surface area contributed by atoms with Gasteiger partial charge in [0.25, 0.3) is 0 Å². The molecule has 0 amide bonds. The van der Waals surface area contributed by atoms with Gasteiger partial charge in [0.15, 0.2) is 5.75 Å². The van der Waals surface area contributed by atoms with Gasteiger partial charge in [0.05, 0.1) is 5.69 Å². The number of ether oxygens (including phenoxy) is 1. The molecule has 0 spiro atoms. The molecule has 0 aromatic heterocycles. The molecule has 2 aliphatic rings. The molecule has 0 saturated heterocycles. The third-order valence-electron chi connectivity index (χ3n) is 4.36. The van der Waals surface area contributed by atoms with E-state index in [4.69, 9.17) is 4.74 Å². The highest BCUT2D eigenvalue weighted by Crippen LogP contribution is 2.40. The van der Waals surface area contributed by atoms with Crippen LogP contribution in [-0.4, -0.2) is 0 Å². The van der Waals surface area contributed by atoms with Gasteiger partial charge in [-0.25, -0.2) is 0 Å². The maximum Gasteiger partial charge on any atom is 0.150 e. The largest absolute Gasteiger partial charge is 0.455 e. The first-order valence-electron chi connectivity index (χ1n) is 8.33. The quantitative estimate of drug-likeness (QED) is 0.549. The number of hydrogen-bond donors (Lipinski definition) is 1. The number of halogens is 1. The van der Waals surface area contributed by atoms with Crippen LogP contribution in [0.4, 0.5) is 5.69 Å². The standard InChI is InChI=1S/C21H18BrNO/c22-16-11-13-21-19(14-16)23-18(12-10-15-6-2-1-3-7-15)17-8-4-5-9-20(17)24-21/h4-6,8-9,11,13-14,18,23H,1-3,7H2/t18-/m1/s1. The number of anilines is 1. The Kier molecular flexibility index (Phi) is 4.32. The minimum atomic E-state index is -0.0837. The van der Waals surface area contributed by atoms with Crippen LogP contribution in [-0.2, 0) is 0 Å². The van der Waals surface area contributed by atoms with Crippen molar-refractivity contribution in [3.8, 4) is 23.3 Å². The van der Waals surface area contributed by atoms with Crippen molar-refractivity contribution in [3.05, 3.63) is 64.1 Å². The van der Waals surface area contributed by atoms with Gasteiger partial charge in [-0.05, 0) is 55.5 Å². The second kappa shape index (κ2) is 6.75. The maximum absolute atomic E-state index is 6.11. The van der Waals surface area contributed by atoms with Gasteiger partial charge in [-0.15, -0.1) is 0 Å². The Morgan fingerprint density at radius 3 is 2.88 bits per heavy atom. The summed E-state index contributed by atoms with van der Waals surface area (Å²) in [5.74, 6) is 8.50. The van der Waals surface area contributed by atoms with E-state index in [0.717, 1.165) is 40.1 Å². The molecule has 1 aliphatic carbocycles. The van der Waals surface area contributed by atoms with E-state index in [9.17, 15) is 0 Å². The smallest absolute Gasteiger partial charge is 0.150 e. The third-order valence-corrected chi connectivity index (χ3v) is 4.85. The second-order valence-corrected chi connectivity index (χ2v) is 7.02. The Labute approximate surface area is 151 Å². The summed E-state index contributed by atoms with van der Waals surface area (Å²) in [6, 6.07) is 14.0. The molecule has 2 nitrogen and oxygen atoms in total. The first-order valence-corrected chi connectivity index (χ1v) is 9.12. The van der Waals surface area contributed by atoms with E-state index < -0.39 is 0 Å². The third kappa shape index (κ3) is 3.20. The van der Waals surface area contributed by atoms with Gasteiger partial charge in [-0.1, -0.05) is 52.0 Å². The van der Waals surface area contributed by atoms with E-state index in [0.29, 0.717) is 0 Å². The van der Waals surface area contributed by atoms with Crippen molar-refractivity contribution < 1.29 is 4.74 Å². The van der Waals surface area contributed by atoms with Crippen molar-refractivity contribution in [3.63, 3.8) is 0 Å². The molecular formula is C21H18BrNO. The van der Waals surface area contributed by atoms with Gasteiger partial charge >= 0.3 is 0 Å². The van der Waals surface area contributed by atoms with E-state index in [1.165, 1.54) is 18.4 Å². The zero-order valence-corrected chi connectivity index (χ0v) is 14.9. The summed E-state index contributed by atoms with van der Waals surface area (Å²) >= 11 is 3.53. The summed E-state index contributed by atoms with van der Waals surface area (Å²) in [6.07, 6.45) is 7.05. The van der Waals surface area contributed by atoms with Gasteiger partial charge in [0.1, 0.15) is 11.8 Å². The highest BCUT2D eigenvalue weighted by Gasteiger charge is 2.21. The Hall–Kier alpha value is -2.18. The van der Waals surface area contributed by atoms with Crippen LogP contribution < -0.4 is 10.1 Å². The minimum absolute atomic E-state index is 0.0837. The first kappa shape index (κ1) is 15.4. The molecule has 1 aliphatic heterocycles. The molecule has 0 bridgehead atoms. The number of hydrogen-bond acceptors (Lipinski definition) is 2. The zero-order chi connectivity index (χ0) is 16.4. The van der Waals surface area contributed by atoms with Crippen LogP contribution in [0.15, 0.2) is 58.6 Å². The summed E-state index contributed by atoms with van der Waals surface area (Å²) in [6.45, 7) is 0. The summed E-state index contributed by atoms with van der Waals surface area (Å²) in [5.41, 5.74) is 3.30. The maximum atomic E-state index is 6.11. The van der Waals surface area contributed by atoms with Crippen molar-refractivity contribution in [2.24, 2.45) is 0 Å². The van der Waals surface area contributed by atoms with Crippen LogP contribution in [0.25, 0.3) is 0 Å². The van der Waals surface area contributed by atoms with E-state index >= 15 is 0 Å².